The first-order valence-electron chi connectivity index (χ1n) is 7.05. The normalized spacial score (nSPS) is 32.4. The van der Waals surface area contributed by atoms with E-state index in [1.165, 1.54) is 6.21 Å². The molecule has 1 saturated heterocycles. The zero-order valence-electron chi connectivity index (χ0n) is 12.6. The van der Waals surface area contributed by atoms with Crippen molar-refractivity contribution in [1.82, 2.24) is 0 Å². The van der Waals surface area contributed by atoms with Gasteiger partial charge < -0.3 is 30.1 Å². The highest BCUT2D eigenvalue weighted by atomic mass is 16.6. The third-order valence-electron chi connectivity index (χ3n) is 3.67. The molecule has 22 heavy (non-hydrogen) atoms. The molecule has 7 heteroatoms. The second-order valence-corrected chi connectivity index (χ2v) is 5.48. The summed E-state index contributed by atoms with van der Waals surface area (Å²) >= 11 is 0. The van der Waals surface area contributed by atoms with Gasteiger partial charge in [-0.3, -0.25) is 4.99 Å². The molecule has 1 aliphatic rings. The highest BCUT2D eigenvalue weighted by molar-refractivity contribution is 5.80. The minimum Gasteiger partial charge on any atom is -0.394 e. The first-order chi connectivity index (χ1) is 10.4. The summed E-state index contributed by atoms with van der Waals surface area (Å²) in [6, 6.07) is 6.54. The molecular weight excluding hydrogens is 288 g/mol. The van der Waals surface area contributed by atoms with Crippen molar-refractivity contribution in [3.63, 3.8) is 0 Å². The minimum absolute atomic E-state index is 0.488. The molecule has 1 fully saturated rings. The minimum atomic E-state index is -1.38. The van der Waals surface area contributed by atoms with E-state index in [9.17, 15) is 15.3 Å². The second-order valence-electron chi connectivity index (χ2n) is 5.48. The number of hydrogen-bond acceptors (Lipinski definition) is 7. The van der Waals surface area contributed by atoms with Crippen LogP contribution >= 0.6 is 0 Å². The molecule has 1 aromatic carbocycles. The second kappa shape index (κ2) is 7.17. The summed E-state index contributed by atoms with van der Waals surface area (Å²) in [6.45, 7) is -0.488. The number of rotatable bonds is 4. The van der Waals surface area contributed by atoms with Crippen LogP contribution in [0.5, 0.6) is 0 Å². The Balaban J connectivity index is 2.08. The smallest absolute Gasteiger partial charge is 0.180 e. The molecule has 0 bridgehead atoms. The molecule has 122 valence electrons. The van der Waals surface area contributed by atoms with Gasteiger partial charge in [-0.05, 0) is 17.7 Å². The molecule has 0 spiro atoms. The van der Waals surface area contributed by atoms with Crippen LogP contribution in [0.3, 0.4) is 0 Å². The number of aliphatic hydroxyl groups excluding tert-OH is 4. The number of anilines is 1. The quantitative estimate of drug-likeness (QED) is 0.530. The lowest BCUT2D eigenvalue weighted by Gasteiger charge is -2.38. The highest BCUT2D eigenvalue weighted by Gasteiger charge is 2.43. The lowest BCUT2D eigenvalue weighted by Crippen LogP contribution is -2.57. The van der Waals surface area contributed by atoms with Crippen LogP contribution in [0.25, 0.3) is 0 Å². The maximum Gasteiger partial charge on any atom is 0.180 e. The van der Waals surface area contributed by atoms with Gasteiger partial charge >= 0.3 is 0 Å². The summed E-state index contributed by atoms with van der Waals surface area (Å²) in [7, 11) is 3.88. The summed E-state index contributed by atoms with van der Waals surface area (Å²) in [5.74, 6) is 0. The van der Waals surface area contributed by atoms with Crippen LogP contribution in [-0.2, 0) is 4.74 Å². The molecule has 2 rings (SSSR count). The lowest BCUT2D eigenvalue weighted by molar-refractivity contribution is -0.248. The fourth-order valence-electron chi connectivity index (χ4n) is 2.27. The predicted molar refractivity (Wildman–Crippen MR) is 82.1 cm³/mol. The summed E-state index contributed by atoms with van der Waals surface area (Å²) in [5.41, 5.74) is 1.84. The Morgan fingerprint density at radius 2 is 1.77 bits per heavy atom. The molecule has 1 heterocycles. The number of ether oxygens (including phenoxy) is 1. The van der Waals surface area contributed by atoms with Gasteiger partial charge in [0.2, 0.25) is 0 Å². The first-order valence-corrected chi connectivity index (χ1v) is 7.05. The maximum atomic E-state index is 9.98. The third kappa shape index (κ3) is 3.63. The number of nitrogens with zero attached hydrogens (tertiary/aromatic N) is 2. The maximum absolute atomic E-state index is 9.98. The highest BCUT2D eigenvalue weighted by Crippen LogP contribution is 2.22. The van der Waals surface area contributed by atoms with Crippen molar-refractivity contribution in [2.45, 2.75) is 30.6 Å². The average molecular weight is 310 g/mol. The van der Waals surface area contributed by atoms with Gasteiger partial charge in [-0.1, -0.05) is 12.1 Å². The Labute approximate surface area is 129 Å². The van der Waals surface area contributed by atoms with E-state index in [-0.39, 0.29) is 0 Å². The molecule has 7 nitrogen and oxygen atoms in total. The van der Waals surface area contributed by atoms with E-state index in [0.29, 0.717) is 0 Å². The van der Waals surface area contributed by atoms with Crippen LogP contribution in [0.4, 0.5) is 5.69 Å². The topological polar surface area (TPSA) is 106 Å². The van der Waals surface area contributed by atoms with E-state index < -0.39 is 37.3 Å². The number of aliphatic hydroxyl groups is 4. The molecule has 0 radical (unpaired) electrons. The zero-order valence-corrected chi connectivity index (χ0v) is 12.6. The number of hydrogen-bond donors (Lipinski definition) is 4. The van der Waals surface area contributed by atoms with Gasteiger partial charge in [0.15, 0.2) is 6.29 Å². The van der Waals surface area contributed by atoms with Gasteiger partial charge in [-0.15, -0.1) is 0 Å². The fraction of sp³-hybridized carbons (Fsp3) is 0.533. The molecule has 0 amide bonds. The third-order valence-corrected chi connectivity index (χ3v) is 3.67. The van der Waals surface area contributed by atoms with Gasteiger partial charge in [0.1, 0.15) is 24.4 Å². The van der Waals surface area contributed by atoms with E-state index in [2.05, 4.69) is 4.99 Å². The Morgan fingerprint density at radius 3 is 2.32 bits per heavy atom. The number of benzene rings is 1. The van der Waals surface area contributed by atoms with E-state index in [4.69, 9.17) is 9.84 Å². The van der Waals surface area contributed by atoms with Gasteiger partial charge in [0, 0.05) is 26.0 Å². The van der Waals surface area contributed by atoms with E-state index in [1.54, 1.807) is 0 Å². The van der Waals surface area contributed by atoms with Crippen LogP contribution in [0, 0.1) is 0 Å². The van der Waals surface area contributed by atoms with Gasteiger partial charge in [-0.2, -0.15) is 0 Å². The van der Waals surface area contributed by atoms with E-state index in [0.717, 1.165) is 11.3 Å². The van der Waals surface area contributed by atoms with Crippen molar-refractivity contribution in [3.8, 4) is 0 Å². The lowest BCUT2D eigenvalue weighted by atomic mass is 9.97. The largest absolute Gasteiger partial charge is 0.394 e. The predicted octanol–water partition coefficient (Wildman–Crippen LogP) is -1.03. The Hall–Kier alpha value is -1.51. The SMILES string of the molecule is CN(C)c1ccc(C=N[C@H]2[C@@H](O)[C@@H](O)[C@@H](CO)O[C@H]2O)cc1. The molecule has 1 aliphatic heterocycles. The van der Waals surface area contributed by atoms with Crippen molar-refractivity contribution >= 4 is 11.9 Å². The van der Waals surface area contributed by atoms with Crippen LogP contribution in [0.15, 0.2) is 29.3 Å². The van der Waals surface area contributed by atoms with Crippen LogP contribution < -0.4 is 4.90 Å². The Kier molecular flexibility index (Phi) is 5.49. The number of aliphatic imine (C=N–C) groups is 1. The molecule has 1 aromatic rings. The van der Waals surface area contributed by atoms with Crippen molar-refractivity contribution in [1.29, 1.82) is 0 Å². The summed E-state index contributed by atoms with van der Waals surface area (Å²) in [6.07, 6.45) is -3.50. The van der Waals surface area contributed by atoms with Gasteiger partial charge in [-0.25, -0.2) is 0 Å². The Morgan fingerprint density at radius 1 is 1.14 bits per heavy atom. The van der Waals surface area contributed by atoms with Gasteiger partial charge in [0.25, 0.3) is 0 Å². The molecule has 0 saturated carbocycles. The fourth-order valence-corrected chi connectivity index (χ4v) is 2.27. The van der Waals surface area contributed by atoms with Crippen molar-refractivity contribution in [3.05, 3.63) is 29.8 Å². The van der Waals surface area contributed by atoms with Crippen LogP contribution in [0.2, 0.25) is 0 Å². The van der Waals surface area contributed by atoms with Crippen LogP contribution in [0.1, 0.15) is 5.56 Å². The first kappa shape index (κ1) is 16.9. The molecule has 5 atom stereocenters. The molecule has 0 aliphatic carbocycles. The van der Waals surface area contributed by atoms with Crippen molar-refractivity contribution < 1.29 is 25.2 Å². The summed E-state index contributed by atoms with van der Waals surface area (Å²) in [4.78, 5) is 6.07. The zero-order chi connectivity index (χ0) is 16.3. The van der Waals surface area contributed by atoms with Crippen molar-refractivity contribution in [2.75, 3.05) is 25.6 Å². The standard InChI is InChI=1S/C15H22N2O5/c1-17(2)10-5-3-9(4-6-10)7-16-12-14(20)13(19)11(8-18)22-15(12)21/h3-7,11-15,18-21H,8H2,1-2H3/t11-,12+,13+,14-,15-/m1/s1. The van der Waals surface area contributed by atoms with Crippen LogP contribution in [-0.4, -0.2) is 78.0 Å². The molecule has 0 unspecified atom stereocenters. The molecule has 0 aromatic heterocycles. The van der Waals surface area contributed by atoms with Gasteiger partial charge in [0.05, 0.1) is 6.61 Å². The monoisotopic (exact) mass is 310 g/mol. The van der Waals surface area contributed by atoms with E-state index in [1.807, 2.05) is 43.3 Å². The molecule has 4 N–H and O–H groups in total. The average Bonchev–Trinajstić information content (AvgIpc) is 2.51. The Bertz CT molecular complexity index is 505. The van der Waals surface area contributed by atoms with Crippen molar-refractivity contribution in [2.24, 2.45) is 4.99 Å². The summed E-state index contributed by atoms with van der Waals surface area (Å²) < 4.78 is 5.04. The summed E-state index contributed by atoms with van der Waals surface area (Å²) in [5, 5.41) is 38.6. The van der Waals surface area contributed by atoms with E-state index >= 15 is 0 Å². The molecular formula is C15H22N2O5.